The lowest BCUT2D eigenvalue weighted by Gasteiger charge is -2.45. The molecule has 0 amide bonds. The van der Waals surface area contributed by atoms with Gasteiger partial charge in [-0.25, -0.2) is 9.67 Å². The lowest BCUT2D eigenvalue weighted by Crippen LogP contribution is -2.58. The van der Waals surface area contributed by atoms with Crippen LogP contribution in [0.15, 0.2) is 66.9 Å². The molecule has 3 N–H and O–H groups in total. The van der Waals surface area contributed by atoms with Crippen molar-refractivity contribution in [1.82, 2.24) is 25.0 Å². The number of hydrogen-bond donors (Lipinski definition) is 3. The third-order valence-corrected chi connectivity index (χ3v) is 10.3. The lowest BCUT2D eigenvalue weighted by molar-refractivity contribution is -0.158. The molecule has 0 bridgehead atoms. The number of nitrogens with one attached hydrogen (secondary N) is 1. The monoisotopic (exact) mass is 697 g/mol. The Morgan fingerprint density at radius 1 is 0.980 bits per heavy atom. The van der Waals surface area contributed by atoms with Gasteiger partial charge in [0.25, 0.3) is 0 Å². The van der Waals surface area contributed by atoms with Crippen LogP contribution in [0.5, 0.6) is 17.4 Å². The van der Waals surface area contributed by atoms with Gasteiger partial charge >= 0.3 is 5.97 Å². The summed E-state index contributed by atoms with van der Waals surface area (Å²) in [5.74, 6) is 0.998. The van der Waals surface area contributed by atoms with Crippen molar-refractivity contribution in [1.29, 1.82) is 0 Å². The lowest BCUT2D eigenvalue weighted by atomic mass is 9.82. The molecule has 0 atom stereocenters. The number of aliphatic hydroxyl groups is 1. The van der Waals surface area contributed by atoms with Crippen LogP contribution in [0.4, 0.5) is 0 Å². The molecule has 3 heterocycles. The molecule has 0 spiro atoms. The van der Waals surface area contributed by atoms with E-state index < -0.39 is 11.4 Å². The Labute approximate surface area is 295 Å². The second kappa shape index (κ2) is 13.6. The number of pyridine rings is 1. The molecule has 2 aromatic heterocycles. The molecule has 0 unspecified atom stereocenters. The van der Waals surface area contributed by atoms with Gasteiger partial charge in [0.1, 0.15) is 11.5 Å². The number of methoxy groups -OCH3 is 3. The van der Waals surface area contributed by atoms with Crippen molar-refractivity contribution < 1.29 is 29.2 Å². The van der Waals surface area contributed by atoms with Crippen molar-refractivity contribution in [2.45, 2.75) is 45.0 Å². The quantitative estimate of drug-likeness (QED) is 0.144. The summed E-state index contributed by atoms with van der Waals surface area (Å²) >= 11 is 7.16. The first-order valence-corrected chi connectivity index (χ1v) is 16.9. The number of benzene rings is 3. The van der Waals surface area contributed by atoms with E-state index in [0.29, 0.717) is 60.3 Å². The minimum Gasteiger partial charge on any atom is -0.496 e. The van der Waals surface area contributed by atoms with Crippen LogP contribution in [0.25, 0.3) is 39.0 Å². The maximum absolute atomic E-state index is 11.6. The molecular formula is C38H40ClN5O6. The highest BCUT2D eigenvalue weighted by Gasteiger charge is 2.45. The van der Waals surface area contributed by atoms with Gasteiger partial charge in [-0.15, -0.1) is 0 Å². The zero-order chi connectivity index (χ0) is 35.2. The number of likely N-dealkylation sites (tertiary alicyclic amines) is 1. The first-order chi connectivity index (χ1) is 24.1. The number of hydrogen-bond acceptors (Lipinski definition) is 9. The number of halogens is 1. The molecule has 1 saturated carbocycles. The third kappa shape index (κ3) is 6.15. The van der Waals surface area contributed by atoms with Gasteiger partial charge < -0.3 is 29.7 Å². The van der Waals surface area contributed by atoms with Gasteiger partial charge in [0.2, 0.25) is 5.88 Å². The van der Waals surface area contributed by atoms with Crippen LogP contribution in [0.2, 0.25) is 5.02 Å². The van der Waals surface area contributed by atoms with E-state index in [4.69, 9.17) is 35.9 Å². The largest absolute Gasteiger partial charge is 0.496 e. The fourth-order valence-electron chi connectivity index (χ4n) is 7.03. The zero-order valence-electron chi connectivity index (χ0n) is 28.4. The van der Waals surface area contributed by atoms with Gasteiger partial charge in [0.05, 0.1) is 66.5 Å². The topological polar surface area (TPSA) is 131 Å². The molecule has 0 radical (unpaired) electrons. The Morgan fingerprint density at radius 3 is 2.32 bits per heavy atom. The van der Waals surface area contributed by atoms with E-state index in [1.165, 1.54) is 0 Å². The molecule has 2 aliphatic rings. The second-order valence-corrected chi connectivity index (χ2v) is 13.7. The standard InChI is InChI=1S/C38H40ClN5O6/c1-38(37(46)47)20-43(21-38)19-30-33(48-2)15-24(16-34(30)49-3)44-32-10-6-7-26(29(32)18-41-44)27-8-5-9-28(35(27)39)31-12-11-22(36(42-31)50-4)17-40-23-13-25(45)14-23/h5-12,15-16,18,23,25,40,45H,13-14,17,19-21H2,1-4H3,(H,46,47). The smallest absolute Gasteiger partial charge is 0.311 e. The number of aliphatic hydroxyl groups excluding tert-OH is 1. The van der Waals surface area contributed by atoms with E-state index in [9.17, 15) is 15.0 Å². The van der Waals surface area contributed by atoms with E-state index in [0.717, 1.165) is 57.2 Å². The van der Waals surface area contributed by atoms with Crippen LogP contribution >= 0.6 is 11.6 Å². The SMILES string of the molecule is COc1cc(-n2ncc3c(-c4cccc(-c5ccc(CNC6CC(O)C6)c(OC)n5)c4Cl)cccc32)cc(OC)c1CN1CC(C)(C(=O)O)C1. The zero-order valence-corrected chi connectivity index (χ0v) is 29.2. The number of carboxylic acid groups (broad SMARTS) is 1. The number of rotatable bonds is 12. The van der Waals surface area contributed by atoms with Gasteiger partial charge in [-0.2, -0.15) is 5.10 Å². The number of carboxylic acids is 1. The maximum Gasteiger partial charge on any atom is 0.311 e. The molecule has 50 heavy (non-hydrogen) atoms. The maximum atomic E-state index is 11.6. The van der Waals surface area contributed by atoms with Gasteiger partial charge in [-0.3, -0.25) is 9.69 Å². The molecule has 12 heteroatoms. The number of aromatic nitrogens is 3. The van der Waals surface area contributed by atoms with Crippen molar-refractivity contribution in [3.63, 3.8) is 0 Å². The van der Waals surface area contributed by atoms with E-state index in [1.807, 2.05) is 71.5 Å². The van der Waals surface area contributed by atoms with Crippen molar-refractivity contribution in [2.24, 2.45) is 5.41 Å². The average Bonchev–Trinajstić information content (AvgIpc) is 3.53. The number of aliphatic carboxylic acids is 1. The summed E-state index contributed by atoms with van der Waals surface area (Å²) in [4.78, 5) is 18.5. The van der Waals surface area contributed by atoms with E-state index in [1.54, 1.807) is 28.3 Å². The minimum absolute atomic E-state index is 0.217. The number of nitrogens with zero attached hydrogens (tertiary/aromatic N) is 4. The fraction of sp³-hybridized carbons (Fsp3) is 0.342. The predicted molar refractivity (Wildman–Crippen MR) is 191 cm³/mol. The summed E-state index contributed by atoms with van der Waals surface area (Å²) < 4.78 is 19.1. The second-order valence-electron chi connectivity index (χ2n) is 13.4. The summed E-state index contributed by atoms with van der Waals surface area (Å²) in [6.07, 6.45) is 3.13. The first kappa shape index (κ1) is 33.8. The highest BCUT2D eigenvalue weighted by Crippen LogP contribution is 2.41. The molecular weight excluding hydrogens is 658 g/mol. The highest BCUT2D eigenvalue weighted by molar-refractivity contribution is 6.36. The van der Waals surface area contributed by atoms with Crippen LogP contribution in [0.1, 0.15) is 30.9 Å². The van der Waals surface area contributed by atoms with E-state index in [2.05, 4.69) is 10.2 Å². The minimum atomic E-state index is -0.789. The van der Waals surface area contributed by atoms with Crippen molar-refractivity contribution >= 4 is 28.5 Å². The van der Waals surface area contributed by atoms with Crippen LogP contribution < -0.4 is 19.5 Å². The number of fused-ring (bicyclic) bond motifs is 1. The van der Waals surface area contributed by atoms with Gasteiger partial charge in [0, 0.05) is 66.4 Å². The van der Waals surface area contributed by atoms with Crippen LogP contribution in [-0.2, 0) is 17.9 Å². The van der Waals surface area contributed by atoms with Crippen molar-refractivity contribution in [3.8, 4) is 45.5 Å². The van der Waals surface area contributed by atoms with Gasteiger partial charge in [-0.1, -0.05) is 48.0 Å². The Balaban J connectivity index is 1.19. The predicted octanol–water partition coefficient (Wildman–Crippen LogP) is 5.95. The van der Waals surface area contributed by atoms with Gasteiger partial charge in [0.15, 0.2) is 0 Å². The van der Waals surface area contributed by atoms with Crippen LogP contribution in [-0.4, -0.2) is 82.4 Å². The first-order valence-electron chi connectivity index (χ1n) is 16.5. The molecule has 3 aromatic carbocycles. The normalized spacial score (nSPS) is 18.4. The Kier molecular flexibility index (Phi) is 9.17. The molecule has 11 nitrogen and oxygen atoms in total. The average molecular weight is 698 g/mol. The molecule has 7 rings (SSSR count). The Bertz CT molecular complexity index is 2050. The van der Waals surface area contributed by atoms with Crippen LogP contribution in [0.3, 0.4) is 0 Å². The molecule has 260 valence electrons. The third-order valence-electron chi connectivity index (χ3n) is 9.89. The van der Waals surface area contributed by atoms with E-state index >= 15 is 0 Å². The molecule has 1 saturated heterocycles. The number of carbonyl (C=O) groups is 1. The Hall–Kier alpha value is -4.68. The molecule has 2 fully saturated rings. The Morgan fingerprint density at radius 2 is 1.66 bits per heavy atom. The molecule has 5 aromatic rings. The summed E-state index contributed by atoms with van der Waals surface area (Å²) in [7, 11) is 4.84. The fourth-order valence-corrected chi connectivity index (χ4v) is 7.35. The molecule has 1 aliphatic heterocycles. The summed E-state index contributed by atoms with van der Waals surface area (Å²) in [6.45, 7) is 3.76. The van der Waals surface area contributed by atoms with Crippen molar-refractivity contribution in [2.75, 3.05) is 34.4 Å². The van der Waals surface area contributed by atoms with Crippen molar-refractivity contribution in [3.05, 3.63) is 83.0 Å². The van der Waals surface area contributed by atoms with E-state index in [-0.39, 0.29) is 6.10 Å². The summed E-state index contributed by atoms with van der Waals surface area (Å²) in [5, 5.41) is 28.9. The summed E-state index contributed by atoms with van der Waals surface area (Å²) in [6, 6.07) is 20.0. The molecule has 1 aliphatic carbocycles. The summed E-state index contributed by atoms with van der Waals surface area (Å²) in [5.41, 5.74) is 5.91. The highest BCUT2D eigenvalue weighted by atomic mass is 35.5. The van der Waals surface area contributed by atoms with Gasteiger partial charge in [-0.05, 0) is 37.5 Å². The van der Waals surface area contributed by atoms with Crippen LogP contribution in [0, 0.1) is 5.41 Å². The number of ether oxygens (including phenoxy) is 3.